The summed E-state index contributed by atoms with van der Waals surface area (Å²) in [5.74, 6) is 0. The summed E-state index contributed by atoms with van der Waals surface area (Å²) < 4.78 is 4.51. The third-order valence-corrected chi connectivity index (χ3v) is 9.43. The molecule has 0 spiro atoms. The largest absolute Gasteiger partial charge is 0.309 e. The first-order valence-electron chi connectivity index (χ1n) is 15.9. The molecule has 48 heavy (non-hydrogen) atoms. The number of nitrogens with zero attached hydrogens (tertiary/aromatic N) is 4. The Labute approximate surface area is 277 Å². The van der Waals surface area contributed by atoms with Gasteiger partial charge in [0.1, 0.15) is 6.07 Å². The zero-order valence-corrected chi connectivity index (χ0v) is 25.8. The number of hydrogen-bond acceptors (Lipinski definition) is 2. The fourth-order valence-corrected chi connectivity index (χ4v) is 7.40. The van der Waals surface area contributed by atoms with Crippen molar-refractivity contribution >= 4 is 43.6 Å². The maximum Gasteiger partial charge on any atom is 0.102 e. The van der Waals surface area contributed by atoms with Gasteiger partial charge in [-0.25, -0.2) is 0 Å². The first-order valence-corrected chi connectivity index (χ1v) is 15.9. The van der Waals surface area contributed by atoms with E-state index in [2.05, 4.69) is 130 Å². The van der Waals surface area contributed by atoms with Crippen molar-refractivity contribution in [2.24, 2.45) is 0 Å². The van der Waals surface area contributed by atoms with E-state index in [1.165, 1.54) is 10.8 Å². The van der Waals surface area contributed by atoms with Crippen LogP contribution in [-0.4, -0.2) is 9.13 Å². The van der Waals surface area contributed by atoms with Gasteiger partial charge in [-0.1, -0.05) is 109 Å². The average Bonchev–Trinajstić information content (AvgIpc) is 3.67. The van der Waals surface area contributed by atoms with Crippen LogP contribution in [0.2, 0.25) is 0 Å². The summed E-state index contributed by atoms with van der Waals surface area (Å²) in [7, 11) is 0. The van der Waals surface area contributed by atoms with Gasteiger partial charge in [0.05, 0.1) is 50.6 Å². The van der Waals surface area contributed by atoms with Crippen molar-refractivity contribution in [2.45, 2.75) is 0 Å². The zero-order valence-electron chi connectivity index (χ0n) is 25.8. The summed E-state index contributed by atoms with van der Waals surface area (Å²) in [5.41, 5.74) is 10.8. The van der Waals surface area contributed by atoms with Gasteiger partial charge in [-0.2, -0.15) is 10.5 Å². The summed E-state index contributed by atoms with van der Waals surface area (Å²) >= 11 is 0. The Balaban J connectivity index is 1.34. The fourth-order valence-electron chi connectivity index (χ4n) is 7.40. The predicted molar refractivity (Wildman–Crippen MR) is 195 cm³/mol. The molecule has 222 valence electrons. The number of benzene rings is 7. The lowest BCUT2D eigenvalue weighted by molar-refractivity contribution is 1.17. The second kappa shape index (κ2) is 10.9. The molecule has 0 atom stereocenters. The van der Waals surface area contributed by atoms with E-state index in [4.69, 9.17) is 0 Å². The molecule has 0 saturated heterocycles. The third kappa shape index (κ3) is 4.01. The topological polar surface area (TPSA) is 57.4 Å². The standard InChI is InChI=1S/C44H26N4/c45-27-29-24-25-31(32-12-1-6-18-39(32)47-40-19-7-2-13-33(40)34-14-3-8-20-41(34)47)37(26-29)30-17-11-23-44(38(30)28-46)48-42-21-9-4-15-35(42)36-16-5-10-22-43(36)48/h1-26H. The fraction of sp³-hybridized carbons (Fsp3) is 0. The number of para-hydroxylation sites is 5. The van der Waals surface area contributed by atoms with Crippen LogP contribution in [0.1, 0.15) is 11.1 Å². The third-order valence-electron chi connectivity index (χ3n) is 9.43. The minimum absolute atomic E-state index is 0.536. The minimum Gasteiger partial charge on any atom is -0.309 e. The summed E-state index contributed by atoms with van der Waals surface area (Å²) in [4.78, 5) is 0. The molecule has 7 aromatic carbocycles. The normalized spacial score (nSPS) is 11.3. The zero-order chi connectivity index (χ0) is 32.2. The molecule has 0 bridgehead atoms. The summed E-state index contributed by atoms with van der Waals surface area (Å²) in [5, 5.41) is 25.6. The van der Waals surface area contributed by atoms with Gasteiger partial charge in [0.15, 0.2) is 0 Å². The molecule has 0 radical (unpaired) electrons. The van der Waals surface area contributed by atoms with Crippen LogP contribution in [-0.2, 0) is 0 Å². The second-order valence-electron chi connectivity index (χ2n) is 11.9. The van der Waals surface area contributed by atoms with Gasteiger partial charge < -0.3 is 9.13 Å². The highest BCUT2D eigenvalue weighted by molar-refractivity contribution is 6.11. The molecule has 0 aliphatic heterocycles. The van der Waals surface area contributed by atoms with Crippen LogP contribution in [0, 0.1) is 22.7 Å². The van der Waals surface area contributed by atoms with Crippen molar-refractivity contribution in [3.8, 4) is 45.8 Å². The molecule has 0 amide bonds. The molecule has 0 aliphatic carbocycles. The Hall–Kier alpha value is -6.88. The van der Waals surface area contributed by atoms with Crippen LogP contribution in [0.3, 0.4) is 0 Å². The number of rotatable bonds is 4. The Bertz CT molecular complexity index is 2710. The SMILES string of the molecule is N#Cc1ccc(-c2ccccc2-n2c3ccccc3c3ccccc32)c(-c2cccc(-n3c4ccccc4c4ccccc43)c2C#N)c1. The molecule has 2 heterocycles. The van der Waals surface area contributed by atoms with Crippen LogP contribution in [0.25, 0.3) is 77.2 Å². The van der Waals surface area contributed by atoms with Gasteiger partial charge in [0, 0.05) is 32.7 Å². The molecule has 9 aromatic rings. The second-order valence-corrected chi connectivity index (χ2v) is 11.9. The maximum atomic E-state index is 10.9. The maximum absolute atomic E-state index is 10.9. The van der Waals surface area contributed by atoms with Crippen LogP contribution >= 0.6 is 0 Å². The molecule has 0 saturated carbocycles. The van der Waals surface area contributed by atoms with E-state index < -0.39 is 0 Å². The van der Waals surface area contributed by atoms with E-state index in [1.54, 1.807) is 0 Å². The van der Waals surface area contributed by atoms with Crippen LogP contribution in [0.15, 0.2) is 158 Å². The quantitative estimate of drug-likeness (QED) is 0.199. The van der Waals surface area contributed by atoms with Gasteiger partial charge in [-0.05, 0) is 59.7 Å². The molecule has 4 nitrogen and oxygen atoms in total. The average molecular weight is 611 g/mol. The summed E-state index contributed by atoms with van der Waals surface area (Å²) in [6.07, 6.45) is 0. The molecular formula is C44H26N4. The Morgan fingerprint density at radius 3 is 1.35 bits per heavy atom. The van der Waals surface area contributed by atoms with E-state index in [0.29, 0.717) is 11.1 Å². The van der Waals surface area contributed by atoms with Crippen molar-refractivity contribution in [3.63, 3.8) is 0 Å². The minimum atomic E-state index is 0.536. The number of fused-ring (bicyclic) bond motifs is 6. The van der Waals surface area contributed by atoms with Crippen molar-refractivity contribution in [3.05, 3.63) is 169 Å². The van der Waals surface area contributed by atoms with Crippen molar-refractivity contribution in [1.82, 2.24) is 9.13 Å². The van der Waals surface area contributed by atoms with E-state index in [9.17, 15) is 10.5 Å². The summed E-state index contributed by atoms with van der Waals surface area (Å²) in [6.45, 7) is 0. The van der Waals surface area contributed by atoms with Crippen molar-refractivity contribution in [1.29, 1.82) is 10.5 Å². The van der Waals surface area contributed by atoms with Gasteiger partial charge in [0.2, 0.25) is 0 Å². The lowest BCUT2D eigenvalue weighted by Gasteiger charge is -2.19. The molecule has 0 unspecified atom stereocenters. The van der Waals surface area contributed by atoms with Gasteiger partial charge in [0.25, 0.3) is 0 Å². The molecule has 4 heteroatoms. The highest BCUT2D eigenvalue weighted by atomic mass is 15.0. The van der Waals surface area contributed by atoms with Crippen molar-refractivity contribution in [2.75, 3.05) is 0 Å². The predicted octanol–water partition coefficient (Wildman–Crippen LogP) is 11.0. The highest BCUT2D eigenvalue weighted by Gasteiger charge is 2.21. The Kier molecular flexibility index (Phi) is 6.22. The Morgan fingerprint density at radius 1 is 0.354 bits per heavy atom. The number of hydrogen-bond donors (Lipinski definition) is 0. The number of aromatic nitrogens is 2. The van der Waals surface area contributed by atoms with E-state index in [-0.39, 0.29) is 0 Å². The lowest BCUT2D eigenvalue weighted by atomic mass is 9.89. The molecule has 0 aliphatic rings. The number of nitriles is 2. The van der Waals surface area contributed by atoms with Crippen molar-refractivity contribution < 1.29 is 0 Å². The van der Waals surface area contributed by atoms with Gasteiger partial charge in [-0.3, -0.25) is 0 Å². The summed E-state index contributed by atoms with van der Waals surface area (Å²) in [6, 6.07) is 58.8. The van der Waals surface area contributed by atoms with E-state index >= 15 is 0 Å². The molecule has 0 fully saturated rings. The van der Waals surface area contributed by atoms with Crippen LogP contribution < -0.4 is 0 Å². The molecular weight excluding hydrogens is 585 g/mol. The van der Waals surface area contributed by atoms with Crippen LogP contribution in [0.5, 0.6) is 0 Å². The first-order chi connectivity index (χ1) is 23.8. The van der Waals surface area contributed by atoms with Gasteiger partial charge in [-0.15, -0.1) is 0 Å². The molecule has 0 N–H and O–H groups in total. The van der Waals surface area contributed by atoms with E-state index in [0.717, 1.165) is 66.5 Å². The highest BCUT2D eigenvalue weighted by Crippen LogP contribution is 2.42. The first kappa shape index (κ1) is 27.4. The monoisotopic (exact) mass is 610 g/mol. The smallest absolute Gasteiger partial charge is 0.102 e. The van der Waals surface area contributed by atoms with Gasteiger partial charge >= 0.3 is 0 Å². The molecule has 2 aromatic heterocycles. The van der Waals surface area contributed by atoms with E-state index in [1.807, 2.05) is 48.5 Å². The Morgan fingerprint density at radius 2 is 0.812 bits per heavy atom. The van der Waals surface area contributed by atoms with Crippen LogP contribution in [0.4, 0.5) is 0 Å². The molecule has 9 rings (SSSR count). The lowest BCUT2D eigenvalue weighted by Crippen LogP contribution is -2.01.